The molecule has 1 aliphatic heterocycles. The van der Waals surface area contributed by atoms with Crippen molar-refractivity contribution in [3.8, 4) is 5.75 Å². The first-order valence-corrected chi connectivity index (χ1v) is 9.66. The lowest BCUT2D eigenvalue weighted by Gasteiger charge is -2.17. The van der Waals surface area contributed by atoms with E-state index in [4.69, 9.17) is 9.84 Å². The second-order valence-electron chi connectivity index (χ2n) is 6.36. The van der Waals surface area contributed by atoms with E-state index in [1.54, 1.807) is 43.3 Å². The average molecular weight is 409 g/mol. The summed E-state index contributed by atoms with van der Waals surface area (Å²) in [6, 6.07) is 13.2. The number of para-hydroxylation sites is 1. The van der Waals surface area contributed by atoms with Gasteiger partial charge in [-0.2, -0.15) is 0 Å². The van der Waals surface area contributed by atoms with Crippen LogP contribution >= 0.6 is 11.8 Å². The zero-order valence-electron chi connectivity index (χ0n) is 15.7. The van der Waals surface area contributed by atoms with Gasteiger partial charge < -0.3 is 9.84 Å². The van der Waals surface area contributed by atoms with Crippen LogP contribution in [0, 0.1) is 0 Å². The van der Waals surface area contributed by atoms with Gasteiger partial charge in [0, 0.05) is 5.56 Å². The molecular weight excluding hydrogens is 390 g/mol. The van der Waals surface area contributed by atoms with Gasteiger partial charge in [0.25, 0.3) is 11.1 Å². The van der Waals surface area contributed by atoms with Crippen molar-refractivity contribution in [2.45, 2.75) is 19.6 Å². The molecule has 29 heavy (non-hydrogen) atoms. The Morgan fingerprint density at radius 3 is 2.55 bits per heavy atom. The number of hydrogen-bond acceptors (Lipinski definition) is 5. The fourth-order valence-electron chi connectivity index (χ4n) is 2.71. The zero-order valence-corrected chi connectivity index (χ0v) is 16.5. The molecule has 0 aromatic heterocycles. The van der Waals surface area contributed by atoms with Crippen LogP contribution in [-0.2, 0) is 11.4 Å². The topological polar surface area (TPSA) is 83.9 Å². The highest BCUT2D eigenvalue weighted by atomic mass is 32.2. The molecule has 2 amide bonds. The third kappa shape index (κ3) is 4.57. The number of aromatic carboxylic acids is 1. The minimum absolute atomic E-state index is 0.207. The van der Waals surface area contributed by atoms with Gasteiger partial charge in [0.05, 0.1) is 16.5 Å². The third-order valence-corrected chi connectivity index (χ3v) is 5.26. The van der Waals surface area contributed by atoms with Gasteiger partial charge in [-0.15, -0.1) is 6.58 Å². The molecule has 2 aromatic carbocycles. The second kappa shape index (κ2) is 8.79. The average Bonchev–Trinajstić information content (AvgIpc) is 3.00. The van der Waals surface area contributed by atoms with Crippen molar-refractivity contribution in [3.05, 3.63) is 82.8 Å². The quantitative estimate of drug-likeness (QED) is 0.533. The van der Waals surface area contributed by atoms with E-state index in [2.05, 4.69) is 6.58 Å². The van der Waals surface area contributed by atoms with Crippen LogP contribution in [0.1, 0.15) is 28.4 Å². The van der Waals surface area contributed by atoms with Gasteiger partial charge >= 0.3 is 5.97 Å². The van der Waals surface area contributed by atoms with Crippen LogP contribution in [0.25, 0.3) is 6.08 Å². The molecule has 2 aromatic rings. The van der Waals surface area contributed by atoms with Gasteiger partial charge in [0.15, 0.2) is 0 Å². The lowest BCUT2D eigenvalue weighted by Crippen LogP contribution is -2.35. The van der Waals surface area contributed by atoms with Crippen molar-refractivity contribution in [2.24, 2.45) is 0 Å². The highest BCUT2D eigenvalue weighted by Crippen LogP contribution is 2.35. The number of hydrogen-bond donors (Lipinski definition) is 1. The summed E-state index contributed by atoms with van der Waals surface area (Å²) in [5.41, 5.74) is 1.69. The van der Waals surface area contributed by atoms with Gasteiger partial charge in [0.2, 0.25) is 0 Å². The van der Waals surface area contributed by atoms with E-state index in [1.165, 1.54) is 17.0 Å². The molecule has 0 bridgehead atoms. The van der Waals surface area contributed by atoms with Gasteiger partial charge in [-0.3, -0.25) is 14.5 Å². The molecule has 1 aliphatic rings. The fourth-order valence-corrected chi connectivity index (χ4v) is 3.62. The number of imide groups is 1. The van der Waals surface area contributed by atoms with Crippen molar-refractivity contribution < 1.29 is 24.2 Å². The summed E-state index contributed by atoms with van der Waals surface area (Å²) in [6.45, 7) is 5.61. The van der Waals surface area contributed by atoms with E-state index in [9.17, 15) is 14.4 Å². The van der Waals surface area contributed by atoms with E-state index in [0.29, 0.717) is 16.2 Å². The largest absolute Gasteiger partial charge is 0.488 e. The first kappa shape index (κ1) is 20.4. The van der Waals surface area contributed by atoms with E-state index in [-0.39, 0.29) is 29.4 Å². The predicted octanol–water partition coefficient (Wildman–Crippen LogP) is 4.57. The van der Waals surface area contributed by atoms with Crippen molar-refractivity contribution in [3.63, 3.8) is 0 Å². The molecule has 7 heteroatoms. The summed E-state index contributed by atoms with van der Waals surface area (Å²) in [7, 11) is 0. The molecule has 3 rings (SSSR count). The highest BCUT2D eigenvalue weighted by molar-refractivity contribution is 8.18. The maximum absolute atomic E-state index is 12.6. The molecule has 0 saturated carbocycles. The molecule has 1 N–H and O–H groups in total. The van der Waals surface area contributed by atoms with Crippen LogP contribution in [0.15, 0.2) is 66.1 Å². The summed E-state index contributed by atoms with van der Waals surface area (Å²) in [5, 5.41) is 8.64. The molecule has 0 radical (unpaired) electrons. The van der Waals surface area contributed by atoms with E-state index in [0.717, 1.165) is 17.3 Å². The Kier molecular flexibility index (Phi) is 6.19. The Morgan fingerprint density at radius 1 is 1.21 bits per heavy atom. The van der Waals surface area contributed by atoms with Crippen molar-refractivity contribution >= 4 is 35.0 Å². The van der Waals surface area contributed by atoms with Gasteiger partial charge in [-0.1, -0.05) is 36.4 Å². The predicted molar refractivity (Wildman–Crippen MR) is 112 cm³/mol. The minimum Gasteiger partial charge on any atom is -0.488 e. The number of carbonyl (C=O) groups is 3. The molecule has 1 saturated heterocycles. The van der Waals surface area contributed by atoms with Crippen LogP contribution in [0.5, 0.6) is 5.75 Å². The highest BCUT2D eigenvalue weighted by Gasteiger charge is 2.37. The summed E-state index contributed by atoms with van der Waals surface area (Å²) in [4.78, 5) is 37.2. The number of nitrogens with zero attached hydrogens (tertiary/aromatic N) is 1. The first-order valence-electron chi connectivity index (χ1n) is 8.84. The van der Waals surface area contributed by atoms with Gasteiger partial charge in [-0.05, 0) is 48.5 Å². The molecule has 1 atom stereocenters. The molecule has 148 valence electrons. The molecule has 0 spiro atoms. The molecule has 6 nitrogen and oxygen atoms in total. The van der Waals surface area contributed by atoms with Crippen LogP contribution in [-0.4, -0.2) is 33.2 Å². The third-order valence-electron chi connectivity index (χ3n) is 4.37. The van der Waals surface area contributed by atoms with Gasteiger partial charge in [-0.25, -0.2) is 4.79 Å². The number of carbonyl (C=O) groups excluding carboxylic acids is 2. The lowest BCUT2D eigenvalue weighted by atomic mass is 10.1. The number of thioether (sulfide) groups is 1. The van der Waals surface area contributed by atoms with Crippen molar-refractivity contribution in [1.82, 2.24) is 4.90 Å². The normalized spacial score (nSPS) is 16.2. The summed E-state index contributed by atoms with van der Waals surface area (Å²) in [6.07, 6.45) is 3.19. The minimum atomic E-state index is -0.984. The van der Waals surface area contributed by atoms with Crippen molar-refractivity contribution in [2.75, 3.05) is 0 Å². The van der Waals surface area contributed by atoms with Crippen LogP contribution in [0.2, 0.25) is 0 Å². The number of rotatable bonds is 7. The SMILES string of the molecule is C=C[C@@H](C)N1C(=O)S/C(=C\c2ccccc2OCc2ccc(C(=O)O)cc2)C1=O. The maximum atomic E-state index is 12.6. The van der Waals surface area contributed by atoms with E-state index >= 15 is 0 Å². The second-order valence-corrected chi connectivity index (χ2v) is 7.35. The van der Waals surface area contributed by atoms with E-state index < -0.39 is 5.97 Å². The Labute approximate surface area is 172 Å². The number of amides is 2. The molecule has 0 unspecified atom stereocenters. The standard InChI is InChI=1S/C22H19NO5S/c1-3-14(2)23-20(24)19(29-22(23)27)12-17-6-4-5-7-18(17)28-13-15-8-10-16(11-9-15)21(25)26/h3-12,14H,1,13H2,2H3,(H,25,26)/b19-12-/t14-/m1/s1. The van der Waals surface area contributed by atoms with Crippen LogP contribution < -0.4 is 4.74 Å². The summed E-state index contributed by atoms with van der Waals surface area (Å²) in [5.74, 6) is -0.785. The fraction of sp³-hybridized carbons (Fsp3) is 0.136. The molecule has 0 aliphatic carbocycles. The molecule has 1 fully saturated rings. The Hall–Kier alpha value is -3.32. The summed E-state index contributed by atoms with van der Waals surface area (Å²) < 4.78 is 5.86. The Morgan fingerprint density at radius 2 is 1.90 bits per heavy atom. The molecular formula is C22H19NO5S. The summed E-state index contributed by atoms with van der Waals surface area (Å²) >= 11 is 0.887. The number of benzene rings is 2. The van der Waals surface area contributed by atoms with Gasteiger partial charge in [0.1, 0.15) is 12.4 Å². The van der Waals surface area contributed by atoms with Crippen molar-refractivity contribution in [1.29, 1.82) is 0 Å². The monoisotopic (exact) mass is 409 g/mol. The van der Waals surface area contributed by atoms with Crippen LogP contribution in [0.3, 0.4) is 0 Å². The molecule has 1 heterocycles. The zero-order chi connectivity index (χ0) is 21.0. The number of carboxylic acid groups (broad SMARTS) is 1. The first-order chi connectivity index (χ1) is 13.9. The van der Waals surface area contributed by atoms with Crippen LogP contribution in [0.4, 0.5) is 4.79 Å². The smallest absolute Gasteiger partial charge is 0.335 e. The maximum Gasteiger partial charge on any atom is 0.335 e. The Balaban J connectivity index is 1.78. The number of ether oxygens (including phenoxy) is 1. The number of carboxylic acids is 1. The lowest BCUT2D eigenvalue weighted by molar-refractivity contribution is -0.123. The van der Waals surface area contributed by atoms with E-state index in [1.807, 2.05) is 12.1 Å². The Bertz CT molecular complexity index is 997.